The summed E-state index contributed by atoms with van der Waals surface area (Å²) < 4.78 is 67.9. The van der Waals surface area contributed by atoms with Gasteiger partial charge in [-0.2, -0.15) is 0 Å². The second-order valence-electron chi connectivity index (χ2n) is 21.4. The van der Waals surface area contributed by atoms with E-state index in [4.69, 9.17) is 0 Å². The number of anilines is 6. The quantitative estimate of drug-likeness (QED) is 0.140. The average molecular weight is 975 g/mol. The molecule has 0 N–H and O–H groups in total. The van der Waals surface area contributed by atoms with E-state index in [1.165, 1.54) is 36.4 Å². The molecule has 74 heavy (non-hydrogen) atoms. The summed E-state index contributed by atoms with van der Waals surface area (Å²) >= 11 is 0. The maximum atomic E-state index is 17.0. The molecule has 0 unspecified atom stereocenters. The summed E-state index contributed by atoms with van der Waals surface area (Å²) in [6, 6.07) is 58.3. The van der Waals surface area contributed by atoms with Gasteiger partial charge in [0, 0.05) is 56.1 Å². The molecule has 0 amide bonds. The van der Waals surface area contributed by atoms with Gasteiger partial charge in [-0.05, 0) is 192 Å². The Balaban J connectivity index is 1.15. The van der Waals surface area contributed by atoms with Crippen molar-refractivity contribution in [2.45, 2.75) is 66.2 Å². The monoisotopic (exact) mass is 974 g/mol. The van der Waals surface area contributed by atoms with Crippen molar-refractivity contribution in [1.29, 1.82) is 0 Å². The number of aryl methyl sites for hydroxylation is 4. The molecule has 0 saturated heterocycles. The van der Waals surface area contributed by atoms with Crippen LogP contribution in [0.5, 0.6) is 0 Å². The van der Waals surface area contributed by atoms with Gasteiger partial charge >= 0.3 is 0 Å². The Morgan fingerprint density at radius 3 is 0.838 bits per heavy atom. The minimum absolute atomic E-state index is 0.189. The van der Waals surface area contributed by atoms with Crippen LogP contribution in [0.3, 0.4) is 0 Å². The van der Waals surface area contributed by atoms with Crippen LogP contribution in [0.25, 0.3) is 55.3 Å². The largest absolute Gasteiger partial charge is 0.310 e. The molecule has 0 spiro atoms. The number of fused-ring (bicyclic) bond motifs is 7. The fraction of sp³-hybridized carbons (Fsp3) is 0.147. The predicted octanol–water partition coefficient (Wildman–Crippen LogP) is 19.5. The van der Waals surface area contributed by atoms with E-state index in [0.29, 0.717) is 33.0 Å². The highest BCUT2D eigenvalue weighted by Crippen LogP contribution is 2.61. The number of rotatable bonds is 8. The third kappa shape index (κ3) is 7.28. The molecular formula is C68H54F4N2. The molecular weight excluding hydrogens is 921 g/mol. The van der Waals surface area contributed by atoms with Gasteiger partial charge in [-0.25, -0.2) is 17.6 Å². The molecule has 10 aromatic carbocycles. The smallest absolute Gasteiger partial charge is 0.134 e. The summed E-state index contributed by atoms with van der Waals surface area (Å²) in [5, 5.41) is 1.000. The van der Waals surface area contributed by atoms with Crippen LogP contribution >= 0.6 is 0 Å². The maximum Gasteiger partial charge on any atom is 0.134 e. The van der Waals surface area contributed by atoms with Crippen molar-refractivity contribution < 1.29 is 17.6 Å². The first kappa shape index (κ1) is 46.8. The van der Waals surface area contributed by atoms with Crippen LogP contribution in [-0.2, 0) is 10.8 Å². The first-order valence-corrected chi connectivity index (χ1v) is 25.3. The van der Waals surface area contributed by atoms with E-state index in [2.05, 4.69) is 199 Å². The zero-order chi connectivity index (χ0) is 51.5. The molecule has 6 heteroatoms. The van der Waals surface area contributed by atoms with E-state index < -0.39 is 34.1 Å². The summed E-state index contributed by atoms with van der Waals surface area (Å²) in [6.07, 6.45) is 0. The highest BCUT2D eigenvalue weighted by Gasteiger charge is 2.44. The minimum Gasteiger partial charge on any atom is -0.310 e. The van der Waals surface area contributed by atoms with Crippen LogP contribution in [0.1, 0.15) is 72.2 Å². The molecule has 364 valence electrons. The predicted molar refractivity (Wildman–Crippen MR) is 298 cm³/mol. The van der Waals surface area contributed by atoms with Gasteiger partial charge < -0.3 is 9.80 Å². The summed E-state index contributed by atoms with van der Waals surface area (Å²) in [5.74, 6) is -2.92. The SMILES string of the molecule is Cc1ccc(N(c2ccc(C)cc2)c2ccc3c(c2)C(C)(C)c2cc4c(-c5c(F)cccc5F)c5c(cc4c(-c4c(F)cccc4F)c2-3)C(C)(C)c2cc(N(c3ccc(C)cc3)c3ccc(C)cc3)ccc2-5)cc1. The Morgan fingerprint density at radius 2 is 0.554 bits per heavy atom. The summed E-state index contributed by atoms with van der Waals surface area (Å²) in [5.41, 5.74) is 15.6. The topological polar surface area (TPSA) is 6.48 Å². The molecule has 0 aliphatic heterocycles. The average Bonchev–Trinajstić information content (AvgIpc) is 3.75. The van der Waals surface area contributed by atoms with Crippen LogP contribution in [-0.4, -0.2) is 0 Å². The lowest BCUT2D eigenvalue weighted by atomic mass is 9.76. The third-order valence-electron chi connectivity index (χ3n) is 15.8. The molecule has 0 fully saturated rings. The zero-order valence-corrected chi connectivity index (χ0v) is 42.7. The standard InChI is InChI=1S/C68H54F4N2/c1-39-15-23-43(24-16-39)73(44-25-17-40(2)18-26-44)47-31-33-49-53(35-47)67(5,6)55-37-51-52(63(61(49)55)65-57(69)11-9-12-58(65)70)38-56-62(64(51)66-59(71)13-10-14-60(66)72)50-34-32-48(36-54(50)68(56,7)8)74(45-27-19-41(3)20-28-45)46-29-21-42(4)22-30-46/h9-38H,1-8H3. The summed E-state index contributed by atoms with van der Waals surface area (Å²) in [7, 11) is 0. The molecule has 0 radical (unpaired) electrons. The highest BCUT2D eigenvalue weighted by molar-refractivity contribution is 6.17. The zero-order valence-electron chi connectivity index (χ0n) is 42.7. The molecule has 0 heterocycles. The fourth-order valence-corrected chi connectivity index (χ4v) is 11.9. The Morgan fingerprint density at radius 1 is 0.284 bits per heavy atom. The van der Waals surface area contributed by atoms with Crippen molar-refractivity contribution >= 4 is 44.9 Å². The number of halogens is 4. The van der Waals surface area contributed by atoms with Gasteiger partial charge in [0.25, 0.3) is 0 Å². The van der Waals surface area contributed by atoms with Gasteiger partial charge in [0.15, 0.2) is 0 Å². The molecule has 0 saturated carbocycles. The van der Waals surface area contributed by atoms with Crippen molar-refractivity contribution in [2.75, 3.05) is 9.80 Å². The Kier molecular flexibility index (Phi) is 10.9. The van der Waals surface area contributed by atoms with E-state index in [9.17, 15) is 0 Å². The first-order valence-electron chi connectivity index (χ1n) is 25.3. The van der Waals surface area contributed by atoms with Gasteiger partial charge in [0.2, 0.25) is 0 Å². The third-order valence-corrected chi connectivity index (χ3v) is 15.8. The second-order valence-corrected chi connectivity index (χ2v) is 21.4. The van der Waals surface area contributed by atoms with E-state index in [-0.39, 0.29) is 11.1 Å². The van der Waals surface area contributed by atoms with Crippen LogP contribution < -0.4 is 9.80 Å². The highest BCUT2D eigenvalue weighted by atomic mass is 19.1. The Hall–Kier alpha value is -8.22. The van der Waals surface area contributed by atoms with Crippen LogP contribution in [0.15, 0.2) is 182 Å². The normalized spacial score (nSPS) is 13.6. The first-order chi connectivity index (χ1) is 35.5. The van der Waals surface area contributed by atoms with Crippen molar-refractivity contribution in [3.05, 3.63) is 250 Å². The molecule has 0 bridgehead atoms. The van der Waals surface area contributed by atoms with Crippen molar-refractivity contribution in [1.82, 2.24) is 0 Å². The number of hydrogen-bond donors (Lipinski definition) is 0. The van der Waals surface area contributed by atoms with Crippen LogP contribution in [0.4, 0.5) is 51.7 Å². The summed E-state index contributed by atoms with van der Waals surface area (Å²) in [4.78, 5) is 4.45. The molecule has 2 aliphatic carbocycles. The van der Waals surface area contributed by atoms with Gasteiger partial charge in [-0.3, -0.25) is 0 Å². The van der Waals surface area contributed by atoms with Crippen molar-refractivity contribution in [2.24, 2.45) is 0 Å². The van der Waals surface area contributed by atoms with Gasteiger partial charge in [-0.15, -0.1) is 0 Å². The molecule has 0 aromatic heterocycles. The van der Waals surface area contributed by atoms with Crippen molar-refractivity contribution in [3.63, 3.8) is 0 Å². The van der Waals surface area contributed by atoms with Crippen LogP contribution in [0.2, 0.25) is 0 Å². The summed E-state index contributed by atoms with van der Waals surface area (Å²) in [6.45, 7) is 16.8. The van der Waals surface area contributed by atoms with Crippen LogP contribution in [0, 0.1) is 51.0 Å². The number of nitrogens with zero attached hydrogens (tertiary/aromatic N) is 2. The lowest BCUT2D eigenvalue weighted by Gasteiger charge is -2.29. The number of benzene rings is 10. The van der Waals surface area contributed by atoms with E-state index >= 15 is 17.6 Å². The molecule has 12 rings (SSSR count). The lowest BCUT2D eigenvalue weighted by molar-refractivity contribution is 0.589. The van der Waals surface area contributed by atoms with Crippen molar-refractivity contribution in [3.8, 4) is 44.5 Å². The maximum absolute atomic E-state index is 17.0. The lowest BCUT2D eigenvalue weighted by Crippen LogP contribution is -2.17. The van der Waals surface area contributed by atoms with E-state index in [1.54, 1.807) is 0 Å². The second kappa shape index (κ2) is 17.2. The molecule has 0 atom stereocenters. The molecule has 2 nitrogen and oxygen atoms in total. The minimum atomic E-state index is -0.761. The van der Waals surface area contributed by atoms with E-state index in [0.717, 1.165) is 89.8 Å². The van der Waals surface area contributed by atoms with Gasteiger partial charge in [-0.1, -0.05) is 123 Å². The molecule has 2 aliphatic rings. The van der Waals surface area contributed by atoms with Gasteiger partial charge in [0.05, 0.1) is 11.1 Å². The fourth-order valence-electron chi connectivity index (χ4n) is 11.9. The van der Waals surface area contributed by atoms with Gasteiger partial charge in [0.1, 0.15) is 23.3 Å². The Labute approximate surface area is 430 Å². The Bertz CT molecular complexity index is 3520. The molecule has 10 aromatic rings. The van der Waals surface area contributed by atoms with E-state index in [1.807, 2.05) is 12.1 Å². The number of hydrogen-bond acceptors (Lipinski definition) is 2.